The number of ether oxygens (including phenoxy) is 1. The molecule has 0 heterocycles. The van der Waals surface area contributed by atoms with Gasteiger partial charge in [0.05, 0.1) is 0 Å². The van der Waals surface area contributed by atoms with Gasteiger partial charge in [0.15, 0.2) is 0 Å². The van der Waals surface area contributed by atoms with Crippen molar-refractivity contribution in [1.29, 1.82) is 0 Å². The first-order valence-corrected chi connectivity index (χ1v) is 7.37. The zero-order valence-electron chi connectivity index (χ0n) is 12.9. The number of nitrogens with one attached hydrogen (secondary N) is 1. The molecule has 0 saturated carbocycles. The van der Waals surface area contributed by atoms with E-state index in [0.717, 1.165) is 5.56 Å². The normalized spacial score (nSPS) is 10.0. The van der Waals surface area contributed by atoms with Crippen molar-refractivity contribution in [3.05, 3.63) is 59.1 Å². The van der Waals surface area contributed by atoms with Crippen molar-refractivity contribution < 1.29 is 14.3 Å². The molecule has 2 amide bonds. The van der Waals surface area contributed by atoms with Gasteiger partial charge in [-0.05, 0) is 36.8 Å². The molecule has 0 bridgehead atoms. The molecule has 120 valence electrons. The Morgan fingerprint density at radius 1 is 1.17 bits per heavy atom. The summed E-state index contributed by atoms with van der Waals surface area (Å²) in [5, 5.41) is 3.26. The first-order valence-electron chi connectivity index (χ1n) is 6.99. The number of amides is 2. The summed E-state index contributed by atoms with van der Waals surface area (Å²) in [6.07, 6.45) is -0.603. The third-order valence-corrected chi connectivity index (χ3v) is 3.35. The fourth-order valence-electron chi connectivity index (χ4n) is 1.87. The Hall–Kier alpha value is -2.53. The number of para-hydroxylation sites is 1. The third-order valence-electron chi connectivity index (χ3n) is 3.11. The first-order chi connectivity index (χ1) is 11.0. The minimum atomic E-state index is -0.603. The molecule has 0 unspecified atom stereocenters. The number of rotatable bonds is 4. The zero-order chi connectivity index (χ0) is 16.8. The summed E-state index contributed by atoms with van der Waals surface area (Å²) in [6.45, 7) is 1.73. The van der Waals surface area contributed by atoms with Crippen molar-refractivity contribution in [1.82, 2.24) is 4.90 Å². The molecule has 0 aromatic heterocycles. The number of hydrogen-bond donors (Lipinski definition) is 1. The number of carbonyl (C=O) groups excluding carboxylic acids is 2. The minimum absolute atomic E-state index is 0.127. The maximum atomic E-state index is 12.0. The largest absolute Gasteiger partial charge is 0.415 e. The van der Waals surface area contributed by atoms with Crippen LogP contribution in [0.1, 0.15) is 5.56 Å². The Morgan fingerprint density at radius 2 is 1.87 bits per heavy atom. The van der Waals surface area contributed by atoms with E-state index in [1.165, 1.54) is 11.9 Å². The van der Waals surface area contributed by atoms with Crippen LogP contribution in [0, 0.1) is 6.92 Å². The lowest BCUT2D eigenvalue weighted by atomic mass is 10.2. The number of carbonyl (C=O) groups is 2. The van der Waals surface area contributed by atoms with E-state index < -0.39 is 6.09 Å². The van der Waals surface area contributed by atoms with E-state index in [2.05, 4.69) is 5.32 Å². The highest BCUT2D eigenvalue weighted by Gasteiger charge is 2.15. The van der Waals surface area contributed by atoms with Crippen LogP contribution < -0.4 is 10.1 Å². The molecule has 2 aromatic rings. The van der Waals surface area contributed by atoms with Crippen molar-refractivity contribution in [2.24, 2.45) is 0 Å². The van der Waals surface area contributed by atoms with Crippen LogP contribution in [0.15, 0.2) is 48.5 Å². The van der Waals surface area contributed by atoms with Gasteiger partial charge in [0.1, 0.15) is 12.3 Å². The summed E-state index contributed by atoms with van der Waals surface area (Å²) in [4.78, 5) is 25.2. The van der Waals surface area contributed by atoms with Crippen molar-refractivity contribution in [3.63, 3.8) is 0 Å². The van der Waals surface area contributed by atoms with Gasteiger partial charge in [-0.25, -0.2) is 4.79 Å². The number of aryl methyl sites for hydroxylation is 1. The van der Waals surface area contributed by atoms with Crippen LogP contribution >= 0.6 is 11.6 Å². The van der Waals surface area contributed by atoms with E-state index in [1.54, 1.807) is 36.4 Å². The maximum Gasteiger partial charge on any atom is 0.415 e. The van der Waals surface area contributed by atoms with E-state index in [1.807, 2.05) is 19.1 Å². The van der Waals surface area contributed by atoms with Gasteiger partial charge in [-0.2, -0.15) is 0 Å². The fourth-order valence-corrected chi connectivity index (χ4v) is 2.04. The molecule has 1 N–H and O–H groups in total. The van der Waals surface area contributed by atoms with E-state index in [9.17, 15) is 9.59 Å². The molecule has 23 heavy (non-hydrogen) atoms. The molecule has 0 aliphatic carbocycles. The highest BCUT2D eigenvalue weighted by molar-refractivity contribution is 6.31. The van der Waals surface area contributed by atoms with Crippen molar-refractivity contribution in [2.75, 3.05) is 18.9 Å². The van der Waals surface area contributed by atoms with Gasteiger partial charge in [0.2, 0.25) is 5.91 Å². The second-order valence-electron chi connectivity index (χ2n) is 5.04. The quantitative estimate of drug-likeness (QED) is 0.928. The molecule has 0 saturated heterocycles. The highest BCUT2D eigenvalue weighted by Crippen LogP contribution is 2.20. The molecule has 5 nitrogen and oxygen atoms in total. The zero-order valence-corrected chi connectivity index (χ0v) is 13.6. The predicted octanol–water partition coefficient (Wildman–Crippen LogP) is 3.72. The second-order valence-corrected chi connectivity index (χ2v) is 5.48. The van der Waals surface area contributed by atoms with Gasteiger partial charge in [-0.15, -0.1) is 0 Å². The van der Waals surface area contributed by atoms with Crippen molar-refractivity contribution in [2.45, 2.75) is 6.92 Å². The molecule has 0 radical (unpaired) electrons. The van der Waals surface area contributed by atoms with Crippen LogP contribution in [0.3, 0.4) is 0 Å². The molecule has 2 rings (SSSR count). The van der Waals surface area contributed by atoms with Crippen LogP contribution in [0.2, 0.25) is 5.02 Å². The van der Waals surface area contributed by atoms with Gasteiger partial charge in [0.25, 0.3) is 0 Å². The molecule has 0 atom stereocenters. The molecule has 0 aliphatic rings. The Bertz CT molecular complexity index is 704. The van der Waals surface area contributed by atoms with Gasteiger partial charge >= 0.3 is 6.09 Å². The van der Waals surface area contributed by atoms with E-state index >= 15 is 0 Å². The number of anilines is 1. The molecule has 2 aromatic carbocycles. The summed E-state index contributed by atoms with van der Waals surface area (Å²) in [6, 6.07) is 13.9. The SMILES string of the molecule is Cc1ccc(Cl)cc1NC(=O)CN(C)C(=O)Oc1ccccc1. The first kappa shape index (κ1) is 16.8. The smallest absolute Gasteiger partial charge is 0.410 e. The van der Waals surface area contributed by atoms with Gasteiger partial charge < -0.3 is 15.0 Å². The van der Waals surface area contributed by atoms with Gasteiger partial charge in [0, 0.05) is 17.8 Å². The van der Waals surface area contributed by atoms with Gasteiger partial charge in [-0.1, -0.05) is 35.9 Å². The molecule has 0 fully saturated rings. The number of likely N-dealkylation sites (N-methyl/N-ethyl adjacent to an activating group) is 1. The van der Waals surface area contributed by atoms with Crippen molar-refractivity contribution >= 4 is 29.3 Å². The highest BCUT2D eigenvalue weighted by atomic mass is 35.5. The topological polar surface area (TPSA) is 58.6 Å². The molecular weight excluding hydrogens is 316 g/mol. The van der Waals surface area contributed by atoms with Crippen LogP contribution in [0.5, 0.6) is 5.75 Å². The van der Waals surface area contributed by atoms with E-state index in [-0.39, 0.29) is 12.5 Å². The van der Waals surface area contributed by atoms with E-state index in [4.69, 9.17) is 16.3 Å². The Kier molecular flexibility index (Phi) is 5.60. The standard InChI is InChI=1S/C17H17ClN2O3/c1-12-8-9-13(18)10-15(12)19-16(21)11-20(2)17(22)23-14-6-4-3-5-7-14/h3-10H,11H2,1-2H3,(H,19,21). The van der Waals surface area contributed by atoms with Crippen LogP contribution in [0.25, 0.3) is 0 Å². The second kappa shape index (κ2) is 7.65. The molecule has 6 heteroatoms. The third kappa shape index (κ3) is 5.00. The number of halogens is 1. The fraction of sp³-hybridized carbons (Fsp3) is 0.176. The lowest BCUT2D eigenvalue weighted by Gasteiger charge is -2.17. The molecule has 0 spiro atoms. The van der Waals surface area contributed by atoms with Gasteiger partial charge in [-0.3, -0.25) is 4.79 Å². The molecular formula is C17H17ClN2O3. The monoisotopic (exact) mass is 332 g/mol. The Labute approximate surface area is 139 Å². The summed E-state index contributed by atoms with van der Waals surface area (Å²) < 4.78 is 5.16. The average molecular weight is 333 g/mol. The lowest BCUT2D eigenvalue weighted by molar-refractivity contribution is -0.116. The minimum Gasteiger partial charge on any atom is -0.410 e. The Balaban J connectivity index is 1.91. The number of hydrogen-bond acceptors (Lipinski definition) is 3. The average Bonchev–Trinajstić information content (AvgIpc) is 2.51. The summed E-state index contributed by atoms with van der Waals surface area (Å²) in [7, 11) is 1.50. The summed E-state index contributed by atoms with van der Waals surface area (Å²) in [5.41, 5.74) is 1.50. The van der Waals surface area contributed by atoms with Crippen LogP contribution in [-0.4, -0.2) is 30.5 Å². The van der Waals surface area contributed by atoms with Crippen molar-refractivity contribution in [3.8, 4) is 5.75 Å². The summed E-state index contributed by atoms with van der Waals surface area (Å²) >= 11 is 5.91. The Morgan fingerprint density at radius 3 is 2.57 bits per heavy atom. The lowest BCUT2D eigenvalue weighted by Crippen LogP contribution is -2.36. The maximum absolute atomic E-state index is 12.0. The van der Waals surface area contributed by atoms with Crippen LogP contribution in [-0.2, 0) is 4.79 Å². The predicted molar refractivity (Wildman–Crippen MR) is 89.9 cm³/mol. The van der Waals surface area contributed by atoms with E-state index in [0.29, 0.717) is 16.5 Å². The molecule has 0 aliphatic heterocycles. The van der Waals surface area contributed by atoms with Crippen LogP contribution in [0.4, 0.5) is 10.5 Å². The number of nitrogens with zero attached hydrogens (tertiary/aromatic N) is 1. The number of benzene rings is 2. The summed E-state index contributed by atoms with van der Waals surface area (Å²) in [5.74, 6) is 0.0957.